The molecule has 1 aromatic carbocycles. The van der Waals surface area contributed by atoms with Gasteiger partial charge in [-0.25, -0.2) is 9.97 Å². The summed E-state index contributed by atoms with van der Waals surface area (Å²) in [6, 6.07) is 14.6. The van der Waals surface area contributed by atoms with Crippen LogP contribution in [0.25, 0.3) is 16.1 Å². The number of nitrogens with zero attached hydrogens (tertiary/aromatic N) is 3. The summed E-state index contributed by atoms with van der Waals surface area (Å²) >= 11 is 1.65. The number of aromatic nitrogens is 3. The largest absolute Gasteiger partial charge is 0.379 e. The van der Waals surface area contributed by atoms with Crippen LogP contribution in [0.4, 0.5) is 5.69 Å². The van der Waals surface area contributed by atoms with Gasteiger partial charge in [0.25, 0.3) is 0 Å². The molecule has 0 bridgehead atoms. The standard InChI is InChI=1S/C17H14N4S/c1-3-13(17-19-7-8-22-17)9-14(4-1)20-11-16-6-2-5-15-10-18-12-21(15)16/h1-10,12,20H,11H2. The van der Waals surface area contributed by atoms with Crippen molar-refractivity contribution in [3.05, 3.63) is 72.3 Å². The number of pyridine rings is 1. The summed E-state index contributed by atoms with van der Waals surface area (Å²) in [7, 11) is 0. The molecule has 1 N–H and O–H groups in total. The molecule has 0 unspecified atom stereocenters. The molecule has 0 saturated heterocycles. The third-order valence-electron chi connectivity index (χ3n) is 3.55. The third-order valence-corrected chi connectivity index (χ3v) is 4.37. The van der Waals surface area contributed by atoms with Crippen LogP contribution in [0.15, 0.2) is 66.6 Å². The number of benzene rings is 1. The quantitative estimate of drug-likeness (QED) is 0.618. The van der Waals surface area contributed by atoms with Crippen LogP contribution in [0.3, 0.4) is 0 Å². The van der Waals surface area contributed by atoms with E-state index in [1.54, 1.807) is 11.3 Å². The average Bonchev–Trinajstić information content (AvgIpc) is 3.24. The Bertz CT molecular complexity index is 896. The van der Waals surface area contributed by atoms with E-state index in [1.807, 2.05) is 24.1 Å². The zero-order chi connectivity index (χ0) is 14.8. The van der Waals surface area contributed by atoms with Gasteiger partial charge >= 0.3 is 0 Å². The monoisotopic (exact) mass is 306 g/mol. The predicted molar refractivity (Wildman–Crippen MR) is 90.1 cm³/mol. The summed E-state index contributed by atoms with van der Waals surface area (Å²) in [5.74, 6) is 0. The zero-order valence-electron chi connectivity index (χ0n) is 11.8. The number of rotatable bonds is 4. The number of nitrogens with one attached hydrogen (secondary N) is 1. The molecule has 0 aliphatic rings. The smallest absolute Gasteiger partial charge is 0.123 e. The molecule has 3 heterocycles. The molecule has 4 rings (SSSR count). The molecule has 4 aromatic rings. The lowest BCUT2D eigenvalue weighted by Crippen LogP contribution is -2.04. The van der Waals surface area contributed by atoms with Gasteiger partial charge in [0.05, 0.1) is 24.6 Å². The molecule has 5 heteroatoms. The molecule has 0 radical (unpaired) electrons. The normalized spacial score (nSPS) is 10.9. The van der Waals surface area contributed by atoms with E-state index in [1.165, 1.54) is 5.69 Å². The molecular weight excluding hydrogens is 292 g/mol. The Hall–Kier alpha value is -2.66. The fraction of sp³-hybridized carbons (Fsp3) is 0.0588. The molecule has 0 fully saturated rings. The maximum atomic E-state index is 4.36. The summed E-state index contributed by atoms with van der Waals surface area (Å²) in [6.45, 7) is 0.745. The predicted octanol–water partition coefficient (Wildman–Crippen LogP) is 4.07. The van der Waals surface area contributed by atoms with Gasteiger partial charge in [-0.05, 0) is 24.3 Å². The minimum absolute atomic E-state index is 0.745. The number of fused-ring (bicyclic) bond motifs is 1. The van der Waals surface area contributed by atoms with Crippen LogP contribution in [-0.4, -0.2) is 14.4 Å². The fourth-order valence-corrected chi connectivity index (χ4v) is 3.11. The van der Waals surface area contributed by atoms with Gasteiger partial charge in [0.1, 0.15) is 5.01 Å². The minimum Gasteiger partial charge on any atom is -0.379 e. The van der Waals surface area contributed by atoms with E-state index in [4.69, 9.17) is 0 Å². The highest BCUT2D eigenvalue weighted by molar-refractivity contribution is 7.13. The van der Waals surface area contributed by atoms with Gasteiger partial charge in [-0.3, -0.25) is 0 Å². The maximum Gasteiger partial charge on any atom is 0.123 e. The van der Waals surface area contributed by atoms with Crippen LogP contribution in [0, 0.1) is 0 Å². The van der Waals surface area contributed by atoms with Gasteiger partial charge in [0.2, 0.25) is 0 Å². The van der Waals surface area contributed by atoms with E-state index in [0.29, 0.717) is 0 Å². The lowest BCUT2D eigenvalue weighted by molar-refractivity contribution is 0.981. The first-order chi connectivity index (χ1) is 10.9. The number of imidazole rings is 1. The first kappa shape index (κ1) is 13.0. The molecule has 4 nitrogen and oxygen atoms in total. The van der Waals surface area contributed by atoms with E-state index < -0.39 is 0 Å². The molecule has 0 atom stereocenters. The van der Waals surface area contributed by atoms with E-state index in [9.17, 15) is 0 Å². The van der Waals surface area contributed by atoms with E-state index >= 15 is 0 Å². The molecule has 0 aliphatic carbocycles. The Morgan fingerprint density at radius 3 is 3.00 bits per heavy atom. The summed E-state index contributed by atoms with van der Waals surface area (Å²) in [5, 5.41) is 6.51. The van der Waals surface area contributed by atoms with Crippen molar-refractivity contribution in [2.45, 2.75) is 6.54 Å². The summed E-state index contributed by atoms with van der Waals surface area (Å²) < 4.78 is 2.09. The van der Waals surface area contributed by atoms with Crippen LogP contribution in [0.1, 0.15) is 5.69 Å². The summed E-state index contributed by atoms with van der Waals surface area (Å²) in [6.07, 6.45) is 5.55. The van der Waals surface area contributed by atoms with Crippen molar-refractivity contribution in [3.63, 3.8) is 0 Å². The third kappa shape index (κ3) is 2.46. The van der Waals surface area contributed by atoms with Crippen LogP contribution < -0.4 is 5.32 Å². The first-order valence-corrected chi connectivity index (χ1v) is 7.92. The highest BCUT2D eigenvalue weighted by Crippen LogP contribution is 2.24. The number of anilines is 1. The average molecular weight is 306 g/mol. The number of hydrogen-bond donors (Lipinski definition) is 1. The van der Waals surface area contributed by atoms with Crippen LogP contribution in [0.5, 0.6) is 0 Å². The van der Waals surface area contributed by atoms with Crippen molar-refractivity contribution < 1.29 is 0 Å². The van der Waals surface area contributed by atoms with Crippen molar-refractivity contribution >= 4 is 22.5 Å². The molecule has 0 saturated carbocycles. The van der Waals surface area contributed by atoms with Crippen LogP contribution in [0.2, 0.25) is 0 Å². The number of hydrogen-bond acceptors (Lipinski definition) is 4. The molecule has 0 amide bonds. The maximum absolute atomic E-state index is 4.36. The highest BCUT2D eigenvalue weighted by Gasteiger charge is 2.03. The second-order valence-electron chi connectivity index (χ2n) is 4.98. The second-order valence-corrected chi connectivity index (χ2v) is 5.87. The van der Waals surface area contributed by atoms with Crippen molar-refractivity contribution in [1.82, 2.24) is 14.4 Å². The zero-order valence-corrected chi connectivity index (χ0v) is 12.6. The highest BCUT2D eigenvalue weighted by atomic mass is 32.1. The Balaban J connectivity index is 1.57. The number of thiazole rings is 1. The van der Waals surface area contributed by atoms with Gasteiger partial charge in [-0.2, -0.15) is 0 Å². The molecule has 0 aliphatic heterocycles. The van der Waals surface area contributed by atoms with Gasteiger partial charge in [-0.1, -0.05) is 18.2 Å². The molecule has 22 heavy (non-hydrogen) atoms. The second kappa shape index (κ2) is 5.61. The van der Waals surface area contributed by atoms with Crippen molar-refractivity contribution in [2.24, 2.45) is 0 Å². The molecule has 108 valence electrons. The summed E-state index contributed by atoms with van der Waals surface area (Å²) in [5.41, 5.74) is 4.51. The van der Waals surface area contributed by atoms with Crippen LogP contribution in [-0.2, 0) is 6.54 Å². The molecule has 0 spiro atoms. The first-order valence-electron chi connectivity index (χ1n) is 7.04. The van der Waals surface area contributed by atoms with E-state index in [0.717, 1.165) is 28.3 Å². The Kier molecular flexibility index (Phi) is 3.33. The summed E-state index contributed by atoms with van der Waals surface area (Å²) in [4.78, 5) is 8.55. The Morgan fingerprint density at radius 2 is 2.09 bits per heavy atom. The topological polar surface area (TPSA) is 42.2 Å². The minimum atomic E-state index is 0.745. The SMILES string of the molecule is c1cc(NCc2cccc3cncn23)cc(-c2nccs2)c1. The van der Waals surface area contributed by atoms with E-state index in [-0.39, 0.29) is 0 Å². The Morgan fingerprint density at radius 1 is 1.14 bits per heavy atom. The lowest BCUT2D eigenvalue weighted by atomic mass is 10.2. The van der Waals surface area contributed by atoms with Crippen molar-refractivity contribution in [1.29, 1.82) is 0 Å². The van der Waals surface area contributed by atoms with Crippen molar-refractivity contribution in [3.8, 4) is 10.6 Å². The van der Waals surface area contributed by atoms with Gasteiger partial charge in [0.15, 0.2) is 0 Å². The van der Waals surface area contributed by atoms with Gasteiger partial charge < -0.3 is 9.72 Å². The van der Waals surface area contributed by atoms with Gasteiger partial charge in [-0.15, -0.1) is 11.3 Å². The molecule has 3 aromatic heterocycles. The lowest BCUT2D eigenvalue weighted by Gasteiger charge is -2.09. The van der Waals surface area contributed by atoms with Crippen molar-refractivity contribution in [2.75, 3.05) is 5.32 Å². The fourth-order valence-electron chi connectivity index (χ4n) is 2.47. The molecular formula is C17H14N4S. The van der Waals surface area contributed by atoms with E-state index in [2.05, 4.69) is 62.2 Å². The van der Waals surface area contributed by atoms with Gasteiger partial charge in [0, 0.05) is 28.5 Å². The Labute approximate surface area is 132 Å². The van der Waals surface area contributed by atoms with Crippen LogP contribution >= 0.6 is 11.3 Å².